The number of rotatable bonds is 4. The van der Waals surface area contributed by atoms with Gasteiger partial charge in [-0.2, -0.15) is 0 Å². The number of aromatic nitrogens is 1. The molecule has 2 amide bonds. The highest BCUT2D eigenvalue weighted by atomic mass is 32.2. The second kappa shape index (κ2) is 6.86. The molecule has 2 aliphatic heterocycles. The van der Waals surface area contributed by atoms with E-state index in [1.807, 2.05) is 19.9 Å². The molecule has 1 aromatic heterocycles. The number of hydrogen-bond donors (Lipinski definition) is 1. The van der Waals surface area contributed by atoms with Crippen molar-refractivity contribution in [3.05, 3.63) is 12.1 Å². The molecule has 1 atom stereocenters. The quantitative estimate of drug-likeness (QED) is 0.792. The molecule has 140 valence electrons. The third-order valence-corrected chi connectivity index (χ3v) is 6.23. The summed E-state index contributed by atoms with van der Waals surface area (Å²) in [5, 5.41) is 2.79. The number of fused-ring (bicyclic) bond motifs is 1. The second-order valence-electron chi connectivity index (χ2n) is 7.89. The third kappa shape index (κ3) is 4.21. The summed E-state index contributed by atoms with van der Waals surface area (Å²) in [5.74, 6) is 1.24. The summed E-state index contributed by atoms with van der Waals surface area (Å²) >= 11 is 1.43. The minimum atomic E-state index is -0.603. The van der Waals surface area contributed by atoms with Crippen molar-refractivity contribution in [3.8, 4) is 0 Å². The van der Waals surface area contributed by atoms with Gasteiger partial charge in [-0.1, -0.05) is 20.8 Å². The maximum Gasteiger partial charge on any atom is 0.416 e. The summed E-state index contributed by atoms with van der Waals surface area (Å²) in [7, 11) is 0.296. The van der Waals surface area contributed by atoms with Gasteiger partial charge in [0.2, 0.25) is 15.7 Å². The Labute approximate surface area is 160 Å². The van der Waals surface area contributed by atoms with Crippen LogP contribution in [0.4, 0.5) is 16.4 Å². The zero-order valence-electron chi connectivity index (χ0n) is 15.6. The van der Waals surface area contributed by atoms with E-state index in [0.717, 1.165) is 4.90 Å². The Bertz CT molecular complexity index is 735. The first-order valence-electron chi connectivity index (χ1n) is 8.42. The van der Waals surface area contributed by atoms with Gasteiger partial charge in [0.1, 0.15) is 17.7 Å². The zero-order valence-corrected chi connectivity index (χ0v) is 17.4. The summed E-state index contributed by atoms with van der Waals surface area (Å²) in [6.07, 6.45) is -0.848. The molecule has 0 spiro atoms. The van der Waals surface area contributed by atoms with Crippen molar-refractivity contribution in [1.82, 2.24) is 4.98 Å². The SMILES string of the molecule is CC(C)(C)[Si]OC(C)(C)[C@H]1CN(c2ccc3c(n2)NC(=O)CS3)C(=O)O1. The van der Waals surface area contributed by atoms with E-state index >= 15 is 0 Å². The normalized spacial score (nSPS) is 20.7. The lowest BCUT2D eigenvalue weighted by Gasteiger charge is -2.32. The average molecular weight is 394 g/mol. The van der Waals surface area contributed by atoms with Crippen LogP contribution in [-0.4, -0.2) is 50.8 Å². The van der Waals surface area contributed by atoms with E-state index in [-0.39, 0.29) is 10.9 Å². The van der Waals surface area contributed by atoms with Crippen molar-refractivity contribution in [3.63, 3.8) is 0 Å². The van der Waals surface area contributed by atoms with Crippen LogP contribution in [0.15, 0.2) is 17.0 Å². The van der Waals surface area contributed by atoms with Gasteiger partial charge in [0.05, 0.1) is 22.8 Å². The fourth-order valence-electron chi connectivity index (χ4n) is 2.47. The molecule has 0 aromatic carbocycles. The van der Waals surface area contributed by atoms with Gasteiger partial charge >= 0.3 is 6.09 Å². The molecule has 0 saturated carbocycles. The Morgan fingerprint density at radius 1 is 1.31 bits per heavy atom. The largest absolute Gasteiger partial charge is 0.441 e. The van der Waals surface area contributed by atoms with Crippen LogP contribution >= 0.6 is 11.8 Å². The summed E-state index contributed by atoms with van der Waals surface area (Å²) in [6.45, 7) is 10.6. The number of anilines is 2. The lowest BCUT2D eigenvalue weighted by Crippen LogP contribution is -2.44. The molecule has 1 N–H and O–H groups in total. The van der Waals surface area contributed by atoms with Crippen LogP contribution in [0.2, 0.25) is 5.04 Å². The molecule has 1 aromatic rings. The van der Waals surface area contributed by atoms with Crippen molar-refractivity contribution in [2.24, 2.45) is 0 Å². The van der Waals surface area contributed by atoms with Gasteiger partial charge in [0, 0.05) is 0 Å². The average Bonchev–Trinajstić information content (AvgIpc) is 2.94. The van der Waals surface area contributed by atoms with Crippen LogP contribution in [0.25, 0.3) is 0 Å². The number of amides is 2. The number of cyclic esters (lactones) is 1. The maximum atomic E-state index is 12.4. The number of thioether (sulfide) groups is 1. The van der Waals surface area contributed by atoms with Crippen LogP contribution in [0, 0.1) is 0 Å². The van der Waals surface area contributed by atoms with Gasteiger partial charge in [-0.05, 0) is 31.0 Å². The first-order chi connectivity index (χ1) is 12.0. The van der Waals surface area contributed by atoms with Crippen LogP contribution in [-0.2, 0) is 14.0 Å². The monoisotopic (exact) mass is 393 g/mol. The Hall–Kier alpha value is -1.58. The Kier molecular flexibility index (Phi) is 5.06. The van der Waals surface area contributed by atoms with Crippen molar-refractivity contribution in [1.29, 1.82) is 0 Å². The van der Waals surface area contributed by atoms with E-state index in [2.05, 4.69) is 31.1 Å². The van der Waals surface area contributed by atoms with E-state index in [0.29, 0.717) is 33.7 Å². The highest BCUT2D eigenvalue weighted by molar-refractivity contribution is 8.00. The van der Waals surface area contributed by atoms with Crippen molar-refractivity contribution in [2.45, 2.75) is 56.3 Å². The Balaban J connectivity index is 1.74. The second-order valence-corrected chi connectivity index (χ2v) is 10.8. The van der Waals surface area contributed by atoms with E-state index in [1.54, 1.807) is 6.07 Å². The van der Waals surface area contributed by atoms with Crippen LogP contribution < -0.4 is 10.2 Å². The van der Waals surface area contributed by atoms with Crippen LogP contribution in [0.3, 0.4) is 0 Å². The van der Waals surface area contributed by atoms with Crippen LogP contribution in [0.1, 0.15) is 34.6 Å². The number of pyridine rings is 1. The molecular weight excluding hydrogens is 370 g/mol. The molecule has 0 unspecified atom stereocenters. The first kappa shape index (κ1) is 19.2. The van der Waals surface area contributed by atoms with Crippen molar-refractivity contribution >= 4 is 45.2 Å². The number of nitrogens with zero attached hydrogens (tertiary/aromatic N) is 2. The molecule has 3 heterocycles. The predicted molar refractivity (Wildman–Crippen MR) is 102 cm³/mol. The molecule has 1 fully saturated rings. The predicted octanol–water partition coefficient (Wildman–Crippen LogP) is 3.08. The zero-order chi connectivity index (χ0) is 19.1. The molecule has 3 rings (SSSR count). The molecule has 2 aliphatic rings. The standard InChI is InChI=1S/C17H23N3O4SSi/c1-16(2,3)26-24-17(4,5)11-8-20(15(22)23-11)12-7-6-10-14(18-12)19-13(21)9-25-10/h6-7,11H,8-9H2,1-5H3,(H,18,19,21)/t11-/m1/s1. The smallest absolute Gasteiger partial charge is 0.416 e. The van der Waals surface area contributed by atoms with E-state index in [1.165, 1.54) is 16.7 Å². The van der Waals surface area contributed by atoms with Gasteiger partial charge in [0.15, 0.2) is 0 Å². The first-order valence-corrected chi connectivity index (χ1v) is 10.3. The van der Waals surface area contributed by atoms with Gasteiger partial charge < -0.3 is 14.5 Å². The van der Waals surface area contributed by atoms with Gasteiger partial charge in [-0.15, -0.1) is 11.8 Å². The van der Waals surface area contributed by atoms with E-state index in [4.69, 9.17) is 9.16 Å². The lowest BCUT2D eigenvalue weighted by atomic mass is 10.0. The molecule has 7 nitrogen and oxygen atoms in total. The lowest BCUT2D eigenvalue weighted by molar-refractivity contribution is -0.113. The summed E-state index contributed by atoms with van der Waals surface area (Å²) in [5.41, 5.74) is -0.603. The minimum absolute atomic E-state index is 0.0511. The van der Waals surface area contributed by atoms with E-state index < -0.39 is 17.8 Å². The highest BCUT2D eigenvalue weighted by Crippen LogP contribution is 2.34. The molecule has 9 heteroatoms. The van der Waals surface area contributed by atoms with Crippen molar-refractivity contribution < 1.29 is 18.8 Å². The maximum absolute atomic E-state index is 12.4. The summed E-state index contributed by atoms with van der Waals surface area (Å²) in [6, 6.07) is 3.64. The third-order valence-electron chi connectivity index (χ3n) is 3.94. The molecule has 0 aliphatic carbocycles. The number of hydrogen-bond acceptors (Lipinski definition) is 6. The van der Waals surface area contributed by atoms with Gasteiger partial charge in [0.25, 0.3) is 0 Å². The minimum Gasteiger partial charge on any atom is -0.441 e. The summed E-state index contributed by atoms with van der Waals surface area (Å²) < 4.78 is 11.6. The number of carbonyl (C=O) groups is 2. The highest BCUT2D eigenvalue weighted by Gasteiger charge is 2.43. The summed E-state index contributed by atoms with van der Waals surface area (Å²) in [4.78, 5) is 30.8. The number of ether oxygens (including phenoxy) is 1. The van der Waals surface area contributed by atoms with E-state index in [9.17, 15) is 9.59 Å². The molecule has 2 radical (unpaired) electrons. The van der Waals surface area contributed by atoms with Crippen LogP contribution in [0.5, 0.6) is 0 Å². The molecule has 1 saturated heterocycles. The fraction of sp³-hybridized carbons (Fsp3) is 0.588. The Morgan fingerprint density at radius 2 is 2.04 bits per heavy atom. The fourth-order valence-corrected chi connectivity index (χ4v) is 3.92. The number of carbonyl (C=O) groups excluding carboxylic acids is 2. The Morgan fingerprint density at radius 3 is 2.73 bits per heavy atom. The molecule has 0 bridgehead atoms. The van der Waals surface area contributed by atoms with Gasteiger partial charge in [-0.25, -0.2) is 9.78 Å². The number of nitrogens with one attached hydrogen (secondary N) is 1. The topological polar surface area (TPSA) is 80.8 Å². The van der Waals surface area contributed by atoms with Gasteiger partial charge in [-0.3, -0.25) is 9.69 Å². The molecule has 26 heavy (non-hydrogen) atoms. The molecular formula is C17H23N3O4SSi. The van der Waals surface area contributed by atoms with Crippen molar-refractivity contribution in [2.75, 3.05) is 22.5 Å².